The number of carbonyl (C=O) groups is 1. The molecule has 0 bridgehead atoms. The van der Waals surface area contributed by atoms with Gasteiger partial charge < -0.3 is 4.90 Å². The number of hydrogen-bond acceptors (Lipinski definition) is 3. The van der Waals surface area contributed by atoms with Crippen molar-refractivity contribution in [2.24, 2.45) is 0 Å². The van der Waals surface area contributed by atoms with Gasteiger partial charge >= 0.3 is 6.18 Å². The van der Waals surface area contributed by atoms with Gasteiger partial charge in [-0.2, -0.15) is 13.2 Å². The van der Waals surface area contributed by atoms with Gasteiger partial charge in [0.05, 0.1) is 18.7 Å². The molecule has 4 rings (SSSR count). The molecule has 3 aromatic rings. The molecule has 0 aliphatic carbocycles. The molecule has 1 saturated heterocycles. The molecule has 1 aliphatic rings. The predicted molar refractivity (Wildman–Crippen MR) is 97.4 cm³/mol. The van der Waals surface area contributed by atoms with E-state index in [4.69, 9.17) is 0 Å². The van der Waals surface area contributed by atoms with E-state index in [0.717, 1.165) is 28.4 Å². The first-order chi connectivity index (χ1) is 14.4. The van der Waals surface area contributed by atoms with Crippen LogP contribution < -0.4 is 5.56 Å². The standard InChI is InChI=1S/C20H13F6N3O2/c1-10-15(20(24,25)26)27-16-12(3-2-6-29(16)17(10)30)11-4-5-13(14(21)7-11)18(31)28-8-19(22,23)9-28/h2-7H,8-9H2,1H3. The summed E-state index contributed by atoms with van der Waals surface area (Å²) >= 11 is 0. The number of amides is 1. The second-order valence-corrected chi connectivity index (χ2v) is 7.22. The lowest BCUT2D eigenvalue weighted by Gasteiger charge is -2.38. The van der Waals surface area contributed by atoms with Crippen LogP contribution in [0.2, 0.25) is 0 Å². The average Bonchev–Trinajstić information content (AvgIpc) is 2.67. The van der Waals surface area contributed by atoms with Gasteiger partial charge in [0, 0.05) is 17.3 Å². The molecule has 2 aromatic heterocycles. The van der Waals surface area contributed by atoms with Crippen LogP contribution >= 0.6 is 0 Å². The molecule has 0 radical (unpaired) electrons. The van der Waals surface area contributed by atoms with Crippen LogP contribution in [-0.4, -0.2) is 39.2 Å². The number of alkyl halides is 5. The van der Waals surface area contributed by atoms with E-state index in [2.05, 4.69) is 4.98 Å². The lowest BCUT2D eigenvalue weighted by molar-refractivity contribution is -0.141. The van der Waals surface area contributed by atoms with Crippen LogP contribution in [0.15, 0.2) is 41.3 Å². The van der Waals surface area contributed by atoms with Crippen LogP contribution in [0.3, 0.4) is 0 Å². The number of rotatable bonds is 2. The summed E-state index contributed by atoms with van der Waals surface area (Å²) in [6.07, 6.45) is -3.63. The third kappa shape index (κ3) is 3.53. The number of halogens is 6. The second kappa shape index (κ2) is 6.82. The van der Waals surface area contributed by atoms with E-state index >= 15 is 0 Å². The maximum atomic E-state index is 14.6. The Morgan fingerprint density at radius 2 is 1.84 bits per heavy atom. The lowest BCUT2D eigenvalue weighted by Crippen LogP contribution is -2.58. The molecule has 0 atom stereocenters. The Labute approximate surface area is 170 Å². The van der Waals surface area contributed by atoms with Gasteiger partial charge in [-0.25, -0.2) is 18.2 Å². The molecule has 3 heterocycles. The molecule has 0 unspecified atom stereocenters. The SMILES string of the molecule is Cc1c(C(F)(F)F)nc2c(-c3ccc(C(=O)N4CC(F)(F)C4)c(F)c3)cccn2c1=O. The molecule has 1 fully saturated rings. The molecule has 0 saturated carbocycles. The number of fused-ring (bicyclic) bond motifs is 1. The zero-order valence-electron chi connectivity index (χ0n) is 15.8. The van der Waals surface area contributed by atoms with E-state index in [9.17, 15) is 35.9 Å². The summed E-state index contributed by atoms with van der Waals surface area (Å²) in [6.45, 7) is -0.623. The number of likely N-dealkylation sites (tertiary alicyclic amines) is 1. The minimum absolute atomic E-state index is 0.0264. The van der Waals surface area contributed by atoms with E-state index < -0.39 is 59.3 Å². The van der Waals surface area contributed by atoms with E-state index in [1.807, 2.05) is 0 Å². The fourth-order valence-electron chi connectivity index (χ4n) is 3.43. The van der Waals surface area contributed by atoms with Gasteiger partial charge in [-0.3, -0.25) is 14.0 Å². The quantitative estimate of drug-likeness (QED) is 0.567. The summed E-state index contributed by atoms with van der Waals surface area (Å²) in [6, 6.07) is 5.94. The molecule has 11 heteroatoms. The van der Waals surface area contributed by atoms with Crippen molar-refractivity contribution in [2.45, 2.75) is 19.0 Å². The Morgan fingerprint density at radius 1 is 1.16 bits per heavy atom. The molecule has 0 N–H and O–H groups in total. The normalized spacial score (nSPS) is 15.8. The third-order valence-corrected chi connectivity index (χ3v) is 4.99. The Hall–Kier alpha value is -3.37. The van der Waals surface area contributed by atoms with Gasteiger partial charge in [-0.15, -0.1) is 0 Å². The predicted octanol–water partition coefficient (Wildman–Crippen LogP) is 3.92. The Balaban J connectivity index is 1.81. The number of pyridine rings is 1. The van der Waals surface area contributed by atoms with E-state index in [1.165, 1.54) is 24.4 Å². The van der Waals surface area contributed by atoms with Crippen LogP contribution in [0.1, 0.15) is 21.6 Å². The summed E-state index contributed by atoms with van der Waals surface area (Å²) in [5.74, 6) is -4.97. The average molecular weight is 441 g/mol. The molecule has 1 amide bonds. The van der Waals surface area contributed by atoms with Crippen molar-refractivity contribution >= 4 is 11.6 Å². The Bertz CT molecular complexity index is 1270. The maximum absolute atomic E-state index is 14.6. The van der Waals surface area contributed by atoms with Gasteiger partial charge in [0.15, 0.2) is 5.69 Å². The number of nitrogens with zero attached hydrogens (tertiary/aromatic N) is 3. The number of carbonyl (C=O) groups excluding carboxylic acids is 1. The molecular formula is C20H13F6N3O2. The van der Waals surface area contributed by atoms with Crippen LogP contribution in [-0.2, 0) is 6.18 Å². The molecule has 5 nitrogen and oxygen atoms in total. The first-order valence-electron chi connectivity index (χ1n) is 8.95. The lowest BCUT2D eigenvalue weighted by atomic mass is 10.0. The molecule has 1 aromatic carbocycles. The number of benzene rings is 1. The monoisotopic (exact) mass is 441 g/mol. The van der Waals surface area contributed by atoms with Crippen molar-refractivity contribution in [1.29, 1.82) is 0 Å². The fourth-order valence-corrected chi connectivity index (χ4v) is 3.43. The van der Waals surface area contributed by atoms with Crippen LogP contribution in [0, 0.1) is 12.7 Å². The van der Waals surface area contributed by atoms with E-state index in [1.54, 1.807) is 0 Å². The zero-order chi connectivity index (χ0) is 22.7. The highest BCUT2D eigenvalue weighted by Crippen LogP contribution is 2.32. The summed E-state index contributed by atoms with van der Waals surface area (Å²) < 4.78 is 81.4. The first kappa shape index (κ1) is 20.9. The smallest absolute Gasteiger partial charge is 0.326 e. The minimum atomic E-state index is -4.87. The van der Waals surface area contributed by atoms with Crippen molar-refractivity contribution in [3.63, 3.8) is 0 Å². The Morgan fingerprint density at radius 3 is 2.42 bits per heavy atom. The highest BCUT2D eigenvalue weighted by Gasteiger charge is 2.46. The van der Waals surface area contributed by atoms with Gasteiger partial charge in [-0.05, 0) is 36.8 Å². The molecule has 1 aliphatic heterocycles. The minimum Gasteiger partial charge on any atom is -0.326 e. The van der Waals surface area contributed by atoms with Crippen molar-refractivity contribution in [3.8, 4) is 11.1 Å². The van der Waals surface area contributed by atoms with Crippen LogP contribution in [0.4, 0.5) is 26.3 Å². The number of hydrogen-bond donors (Lipinski definition) is 0. The topological polar surface area (TPSA) is 54.7 Å². The molecular weight excluding hydrogens is 428 g/mol. The van der Waals surface area contributed by atoms with E-state index in [0.29, 0.717) is 0 Å². The zero-order valence-corrected chi connectivity index (χ0v) is 15.8. The van der Waals surface area contributed by atoms with Crippen molar-refractivity contribution in [2.75, 3.05) is 13.1 Å². The summed E-state index contributed by atoms with van der Waals surface area (Å²) in [7, 11) is 0. The molecule has 0 spiro atoms. The van der Waals surface area contributed by atoms with Gasteiger partial charge in [0.1, 0.15) is 11.5 Å². The highest BCUT2D eigenvalue weighted by atomic mass is 19.4. The van der Waals surface area contributed by atoms with Gasteiger partial charge in [0.2, 0.25) is 0 Å². The first-order valence-corrected chi connectivity index (χ1v) is 8.95. The maximum Gasteiger partial charge on any atom is 0.433 e. The second-order valence-electron chi connectivity index (χ2n) is 7.22. The largest absolute Gasteiger partial charge is 0.433 e. The summed E-state index contributed by atoms with van der Waals surface area (Å²) in [4.78, 5) is 29.0. The number of aromatic nitrogens is 2. The Kier molecular flexibility index (Phi) is 4.60. The van der Waals surface area contributed by atoms with E-state index in [-0.39, 0.29) is 16.8 Å². The summed E-state index contributed by atoms with van der Waals surface area (Å²) in [5, 5.41) is 0. The highest BCUT2D eigenvalue weighted by molar-refractivity contribution is 5.96. The third-order valence-electron chi connectivity index (χ3n) is 4.99. The van der Waals surface area contributed by atoms with Crippen LogP contribution in [0.5, 0.6) is 0 Å². The van der Waals surface area contributed by atoms with Crippen LogP contribution in [0.25, 0.3) is 16.8 Å². The summed E-state index contributed by atoms with van der Waals surface area (Å²) in [5.41, 5.74) is -3.56. The van der Waals surface area contributed by atoms with Crippen molar-refractivity contribution in [1.82, 2.24) is 14.3 Å². The van der Waals surface area contributed by atoms with Crippen molar-refractivity contribution < 1.29 is 31.1 Å². The molecule has 31 heavy (non-hydrogen) atoms. The van der Waals surface area contributed by atoms with Gasteiger partial charge in [0.25, 0.3) is 17.4 Å². The van der Waals surface area contributed by atoms with Crippen molar-refractivity contribution in [3.05, 3.63) is 69.5 Å². The fraction of sp³-hybridized carbons (Fsp3) is 0.250. The molecule has 162 valence electrons. The van der Waals surface area contributed by atoms with Gasteiger partial charge in [-0.1, -0.05) is 6.07 Å².